The zero-order valence-electron chi connectivity index (χ0n) is 33.5. The number of rotatable bonds is 40. The minimum absolute atomic E-state index is 0.365. The highest BCUT2D eigenvalue weighted by atomic mass is 16.3. The molecule has 3 atom stereocenters. The van der Waals surface area contributed by atoms with E-state index in [-0.39, 0.29) is 6.61 Å². The van der Waals surface area contributed by atoms with Gasteiger partial charge >= 0.3 is 0 Å². The van der Waals surface area contributed by atoms with E-state index in [0.29, 0.717) is 6.42 Å². The number of aliphatic hydroxyl groups excluding tert-OH is 3. The van der Waals surface area contributed by atoms with Crippen molar-refractivity contribution in [2.45, 2.75) is 250 Å². The van der Waals surface area contributed by atoms with Crippen molar-refractivity contribution in [3.8, 4) is 0 Å². The van der Waals surface area contributed by atoms with Crippen molar-refractivity contribution in [2.75, 3.05) is 6.61 Å². The van der Waals surface area contributed by atoms with Gasteiger partial charge in [-0.15, -0.1) is 0 Å². The molecule has 0 aliphatic rings. The average Bonchev–Trinajstić information content (AvgIpc) is 3.12. The largest absolute Gasteiger partial charge is 0.394 e. The monoisotopic (exact) mass is 706 g/mol. The summed E-state index contributed by atoms with van der Waals surface area (Å²) in [4.78, 5) is 12.4. The molecule has 0 aliphatic carbocycles. The lowest BCUT2D eigenvalue weighted by atomic mass is 10.0. The zero-order valence-corrected chi connectivity index (χ0v) is 33.5. The third-order valence-electron chi connectivity index (χ3n) is 10.3. The van der Waals surface area contributed by atoms with Gasteiger partial charge in [0.05, 0.1) is 18.8 Å². The summed E-state index contributed by atoms with van der Waals surface area (Å²) in [6, 6.07) is -0.800. The number of carbonyl (C=O) groups excluding carboxylic acids is 1. The predicted octanol–water partition coefficient (Wildman–Crippen LogP) is 12.6. The number of aliphatic hydroxyl groups is 3. The molecule has 0 spiro atoms. The second kappa shape index (κ2) is 40.6. The van der Waals surface area contributed by atoms with Crippen LogP contribution < -0.4 is 5.32 Å². The zero-order chi connectivity index (χ0) is 36.6. The van der Waals surface area contributed by atoms with Crippen LogP contribution in [0.4, 0.5) is 0 Å². The topological polar surface area (TPSA) is 89.8 Å². The summed E-state index contributed by atoms with van der Waals surface area (Å²) in [5.74, 6) is -0.511. The highest BCUT2D eigenvalue weighted by Gasteiger charge is 2.22. The first-order chi connectivity index (χ1) is 24.6. The molecule has 5 nitrogen and oxygen atoms in total. The summed E-state index contributed by atoms with van der Waals surface area (Å²) >= 11 is 0. The Kier molecular flexibility index (Phi) is 39.6. The summed E-state index contributed by atoms with van der Waals surface area (Å²) in [6.07, 6.45) is 49.2. The molecule has 0 aliphatic heterocycles. The molecule has 4 N–H and O–H groups in total. The van der Waals surface area contributed by atoms with Crippen LogP contribution in [0.15, 0.2) is 24.3 Å². The number of allylic oxidation sites excluding steroid dienone is 3. The van der Waals surface area contributed by atoms with E-state index in [1.807, 2.05) is 6.08 Å². The van der Waals surface area contributed by atoms with Gasteiger partial charge in [-0.2, -0.15) is 0 Å². The van der Waals surface area contributed by atoms with E-state index < -0.39 is 24.2 Å². The van der Waals surface area contributed by atoms with Crippen LogP contribution in [0.25, 0.3) is 0 Å². The minimum Gasteiger partial charge on any atom is -0.394 e. The molecule has 0 rings (SSSR count). The third kappa shape index (κ3) is 35.2. The fraction of sp³-hybridized carbons (Fsp3) is 0.889. The molecule has 0 aromatic carbocycles. The maximum atomic E-state index is 12.4. The first-order valence-corrected chi connectivity index (χ1v) is 22.2. The van der Waals surface area contributed by atoms with Crippen LogP contribution in [0.5, 0.6) is 0 Å². The normalized spacial score (nSPS) is 13.8. The van der Waals surface area contributed by atoms with Gasteiger partial charge in [-0.3, -0.25) is 4.79 Å². The number of hydrogen-bond acceptors (Lipinski definition) is 4. The number of nitrogens with one attached hydrogen (secondary N) is 1. The molecule has 50 heavy (non-hydrogen) atoms. The van der Waals surface area contributed by atoms with Crippen molar-refractivity contribution < 1.29 is 20.1 Å². The third-order valence-corrected chi connectivity index (χ3v) is 10.3. The van der Waals surface area contributed by atoms with Gasteiger partial charge in [0.2, 0.25) is 5.91 Å². The Morgan fingerprint density at radius 3 is 1.16 bits per heavy atom. The molecule has 0 aromatic rings. The predicted molar refractivity (Wildman–Crippen MR) is 218 cm³/mol. The van der Waals surface area contributed by atoms with Crippen molar-refractivity contribution in [3.05, 3.63) is 24.3 Å². The fourth-order valence-corrected chi connectivity index (χ4v) is 6.77. The molecule has 3 unspecified atom stereocenters. The van der Waals surface area contributed by atoms with E-state index in [4.69, 9.17) is 0 Å². The quantitative estimate of drug-likeness (QED) is 0.0377. The van der Waals surface area contributed by atoms with Gasteiger partial charge in [0.15, 0.2) is 0 Å². The van der Waals surface area contributed by atoms with Crippen LogP contribution in [0.2, 0.25) is 0 Å². The highest BCUT2D eigenvalue weighted by molar-refractivity contribution is 5.80. The van der Waals surface area contributed by atoms with Gasteiger partial charge in [-0.25, -0.2) is 0 Å². The molecule has 0 aromatic heterocycles. The first kappa shape index (κ1) is 48.8. The van der Waals surface area contributed by atoms with Crippen LogP contribution in [-0.2, 0) is 4.79 Å². The average molecular weight is 706 g/mol. The van der Waals surface area contributed by atoms with Crippen LogP contribution in [-0.4, -0.2) is 46.1 Å². The molecule has 0 bridgehead atoms. The minimum atomic E-state index is -1.10. The Labute approximate surface area is 312 Å². The molecule has 296 valence electrons. The van der Waals surface area contributed by atoms with Crippen LogP contribution in [0.3, 0.4) is 0 Å². The summed E-state index contributed by atoms with van der Waals surface area (Å²) in [6.45, 7) is 4.18. The Morgan fingerprint density at radius 2 is 0.800 bits per heavy atom. The Morgan fingerprint density at radius 1 is 0.480 bits per heavy atom. The maximum Gasteiger partial charge on any atom is 0.249 e. The molecule has 0 saturated carbocycles. The lowest BCUT2D eigenvalue weighted by molar-refractivity contribution is -0.131. The van der Waals surface area contributed by atoms with Gasteiger partial charge in [0.1, 0.15) is 6.10 Å². The molecule has 1 amide bonds. The molecular formula is C45H87NO4. The molecule has 0 radical (unpaired) electrons. The highest BCUT2D eigenvalue weighted by Crippen LogP contribution is 2.16. The molecule has 5 heteroatoms. The lowest BCUT2D eigenvalue weighted by Crippen LogP contribution is -2.48. The fourth-order valence-electron chi connectivity index (χ4n) is 6.77. The van der Waals surface area contributed by atoms with Gasteiger partial charge < -0.3 is 20.6 Å². The lowest BCUT2D eigenvalue weighted by Gasteiger charge is -2.21. The smallest absolute Gasteiger partial charge is 0.249 e. The Hall–Kier alpha value is -1.17. The molecule has 0 saturated heterocycles. The number of amides is 1. The summed E-state index contributed by atoms with van der Waals surface area (Å²) < 4.78 is 0. The summed E-state index contributed by atoms with van der Waals surface area (Å²) in [5.41, 5.74) is 0. The SMILES string of the molecule is CCCCCCCCC/C=C\CCCCCCC(O)C(=O)NC(CO)C(O)/C=C/CCCCCCCCCCCCCCCCCCCCC. The van der Waals surface area contributed by atoms with Crippen molar-refractivity contribution in [1.82, 2.24) is 5.32 Å². The number of hydrogen-bond donors (Lipinski definition) is 4. The summed E-state index contributed by atoms with van der Waals surface area (Å²) in [7, 11) is 0. The van der Waals surface area contributed by atoms with E-state index in [1.165, 1.54) is 167 Å². The van der Waals surface area contributed by atoms with E-state index in [9.17, 15) is 20.1 Å². The van der Waals surface area contributed by atoms with E-state index in [1.54, 1.807) is 6.08 Å². The van der Waals surface area contributed by atoms with Crippen LogP contribution in [0.1, 0.15) is 232 Å². The molecule has 0 fully saturated rings. The van der Waals surface area contributed by atoms with E-state index in [2.05, 4.69) is 31.3 Å². The van der Waals surface area contributed by atoms with Crippen molar-refractivity contribution in [2.24, 2.45) is 0 Å². The summed E-state index contributed by atoms with van der Waals surface area (Å²) in [5, 5.41) is 33.1. The van der Waals surface area contributed by atoms with Gasteiger partial charge in [-0.1, -0.05) is 212 Å². The maximum absolute atomic E-state index is 12.4. The standard InChI is InChI=1S/C45H87NO4/c1-3-5-7-9-11-13-15-17-19-20-21-22-23-24-26-27-29-31-33-35-37-39-43(48)42(41-47)46-45(50)44(49)40-38-36-34-32-30-28-25-18-16-14-12-10-8-6-4-2/h25,28,37,39,42-44,47-49H,3-24,26-27,29-36,38,40-41H2,1-2H3,(H,46,50)/b28-25-,39-37+. The Bertz CT molecular complexity index is 739. The van der Waals surface area contributed by atoms with Crippen molar-refractivity contribution in [3.63, 3.8) is 0 Å². The van der Waals surface area contributed by atoms with Crippen LogP contribution >= 0.6 is 0 Å². The van der Waals surface area contributed by atoms with Crippen molar-refractivity contribution in [1.29, 1.82) is 0 Å². The molecule has 0 heterocycles. The Balaban J connectivity index is 3.67. The first-order valence-electron chi connectivity index (χ1n) is 22.2. The number of unbranched alkanes of at least 4 members (excludes halogenated alkanes) is 30. The van der Waals surface area contributed by atoms with Crippen LogP contribution in [0, 0.1) is 0 Å². The number of carbonyl (C=O) groups is 1. The van der Waals surface area contributed by atoms with E-state index in [0.717, 1.165) is 44.9 Å². The van der Waals surface area contributed by atoms with E-state index >= 15 is 0 Å². The van der Waals surface area contributed by atoms with Gasteiger partial charge in [-0.05, 0) is 44.9 Å². The second-order valence-electron chi connectivity index (χ2n) is 15.3. The molecular weight excluding hydrogens is 618 g/mol. The second-order valence-corrected chi connectivity index (χ2v) is 15.3. The van der Waals surface area contributed by atoms with Gasteiger partial charge in [0.25, 0.3) is 0 Å². The van der Waals surface area contributed by atoms with Gasteiger partial charge in [0, 0.05) is 0 Å². The van der Waals surface area contributed by atoms with Crippen molar-refractivity contribution >= 4 is 5.91 Å².